The van der Waals surface area contributed by atoms with Gasteiger partial charge in [0.15, 0.2) is 5.96 Å². The van der Waals surface area contributed by atoms with Gasteiger partial charge in [0.2, 0.25) is 10.0 Å². The molecule has 148 valence electrons. The third-order valence-corrected chi connectivity index (χ3v) is 7.42. The van der Waals surface area contributed by atoms with Crippen molar-refractivity contribution in [3.63, 3.8) is 0 Å². The summed E-state index contributed by atoms with van der Waals surface area (Å²) in [6.07, 6.45) is 2.44. The Morgan fingerprint density at radius 1 is 1.28 bits per heavy atom. The quantitative estimate of drug-likeness (QED) is 0.340. The molecule has 25 heavy (non-hydrogen) atoms. The van der Waals surface area contributed by atoms with E-state index in [1.165, 1.54) is 12.8 Å². The number of nitrogens with zero attached hydrogens (tertiary/aromatic N) is 3. The minimum Gasteiger partial charge on any atom is -0.355 e. The zero-order valence-corrected chi connectivity index (χ0v) is 19.6. The first-order valence-corrected chi connectivity index (χ1v) is 11.7. The number of aliphatic imine (C=N–C) groups is 1. The van der Waals surface area contributed by atoms with Crippen molar-refractivity contribution in [1.29, 1.82) is 0 Å². The number of hydrogen-bond acceptors (Lipinski definition) is 4. The summed E-state index contributed by atoms with van der Waals surface area (Å²) in [5.74, 6) is 4.22. The van der Waals surface area contributed by atoms with Crippen LogP contribution in [-0.4, -0.2) is 80.6 Å². The molecule has 0 amide bonds. The van der Waals surface area contributed by atoms with E-state index < -0.39 is 10.0 Å². The monoisotopic (exact) mass is 504 g/mol. The molecule has 6 nitrogen and oxygen atoms in total. The van der Waals surface area contributed by atoms with Gasteiger partial charge in [-0.1, -0.05) is 13.8 Å². The van der Waals surface area contributed by atoms with Crippen LogP contribution in [0.3, 0.4) is 0 Å². The molecule has 0 bridgehead atoms. The maximum absolute atomic E-state index is 12.4. The highest BCUT2D eigenvalue weighted by Crippen LogP contribution is 2.23. The summed E-state index contributed by atoms with van der Waals surface area (Å²) >= 11 is 1.82. The Balaban J connectivity index is 0.00000312. The molecule has 1 unspecified atom stereocenters. The van der Waals surface area contributed by atoms with Gasteiger partial charge in [0.1, 0.15) is 0 Å². The molecule has 0 aromatic heterocycles. The molecule has 2 heterocycles. The molecule has 2 aliphatic heterocycles. The van der Waals surface area contributed by atoms with E-state index in [0.717, 1.165) is 42.4 Å². The average molecular weight is 505 g/mol. The number of guanidine groups is 1. The van der Waals surface area contributed by atoms with Gasteiger partial charge in [0.25, 0.3) is 0 Å². The molecular formula is C16H33IN4O2S2. The lowest BCUT2D eigenvalue weighted by Crippen LogP contribution is -2.45. The Morgan fingerprint density at radius 3 is 2.56 bits per heavy atom. The van der Waals surface area contributed by atoms with Crippen LogP contribution in [0.2, 0.25) is 0 Å². The average Bonchev–Trinajstić information content (AvgIpc) is 3.00. The Hall–Kier alpha value is 0.260. The van der Waals surface area contributed by atoms with Crippen LogP contribution in [0.4, 0.5) is 0 Å². The molecule has 1 atom stereocenters. The van der Waals surface area contributed by atoms with Crippen LogP contribution < -0.4 is 5.32 Å². The maximum atomic E-state index is 12.4. The summed E-state index contributed by atoms with van der Waals surface area (Å²) in [6.45, 7) is 8.26. The molecule has 0 radical (unpaired) electrons. The number of sulfonamides is 1. The van der Waals surface area contributed by atoms with Crippen molar-refractivity contribution in [2.75, 3.05) is 57.0 Å². The van der Waals surface area contributed by atoms with Gasteiger partial charge in [0, 0.05) is 51.3 Å². The summed E-state index contributed by atoms with van der Waals surface area (Å²) in [6, 6.07) is 0. The molecule has 9 heteroatoms. The van der Waals surface area contributed by atoms with Gasteiger partial charge in [-0.2, -0.15) is 11.8 Å². The first-order valence-electron chi connectivity index (χ1n) is 8.93. The number of nitrogens with one attached hydrogen (secondary N) is 1. The lowest BCUT2D eigenvalue weighted by atomic mass is 9.97. The number of rotatable bonds is 6. The van der Waals surface area contributed by atoms with Gasteiger partial charge in [-0.25, -0.2) is 12.7 Å². The zero-order chi connectivity index (χ0) is 17.6. The maximum Gasteiger partial charge on any atom is 0.215 e. The second-order valence-electron chi connectivity index (χ2n) is 7.03. The lowest BCUT2D eigenvalue weighted by molar-refractivity contribution is 0.404. The van der Waals surface area contributed by atoms with E-state index in [1.807, 2.05) is 11.8 Å². The van der Waals surface area contributed by atoms with Crippen LogP contribution in [-0.2, 0) is 10.0 Å². The number of halogens is 1. The van der Waals surface area contributed by atoms with Crippen molar-refractivity contribution in [1.82, 2.24) is 14.5 Å². The number of thioether (sulfide) groups is 1. The van der Waals surface area contributed by atoms with Crippen molar-refractivity contribution in [3.05, 3.63) is 0 Å². The van der Waals surface area contributed by atoms with Crippen LogP contribution in [0.1, 0.15) is 26.7 Å². The highest BCUT2D eigenvalue weighted by atomic mass is 127. The van der Waals surface area contributed by atoms with Crippen LogP contribution >= 0.6 is 35.7 Å². The van der Waals surface area contributed by atoms with Crippen LogP contribution in [0.25, 0.3) is 0 Å². The van der Waals surface area contributed by atoms with Crippen molar-refractivity contribution in [3.8, 4) is 0 Å². The Kier molecular flexibility index (Phi) is 10.4. The van der Waals surface area contributed by atoms with E-state index in [2.05, 4.69) is 29.1 Å². The third-order valence-electron chi connectivity index (χ3n) is 4.61. The first kappa shape index (κ1) is 23.3. The van der Waals surface area contributed by atoms with Gasteiger partial charge in [-0.05, 0) is 24.7 Å². The van der Waals surface area contributed by atoms with E-state index in [0.29, 0.717) is 19.6 Å². The fourth-order valence-electron chi connectivity index (χ4n) is 3.46. The summed E-state index contributed by atoms with van der Waals surface area (Å²) in [4.78, 5) is 6.60. The van der Waals surface area contributed by atoms with E-state index in [1.54, 1.807) is 11.4 Å². The lowest BCUT2D eigenvalue weighted by Gasteiger charge is -2.26. The van der Waals surface area contributed by atoms with E-state index >= 15 is 0 Å². The predicted octanol–water partition coefficient (Wildman–Crippen LogP) is 1.93. The smallest absolute Gasteiger partial charge is 0.215 e. The molecule has 2 saturated heterocycles. The normalized spacial score (nSPS) is 23.0. The molecule has 0 aliphatic carbocycles. The minimum absolute atomic E-state index is 0. The molecule has 0 aromatic carbocycles. The van der Waals surface area contributed by atoms with Crippen molar-refractivity contribution in [2.24, 2.45) is 16.8 Å². The van der Waals surface area contributed by atoms with Crippen molar-refractivity contribution in [2.45, 2.75) is 26.7 Å². The SMILES string of the molecule is CN=C(NCCS(=O)(=O)N1CCSCC1)N1CCC(CC(C)C)C1.I. The van der Waals surface area contributed by atoms with Gasteiger partial charge in [-0.15, -0.1) is 24.0 Å². The molecular weight excluding hydrogens is 471 g/mol. The van der Waals surface area contributed by atoms with Crippen molar-refractivity contribution >= 4 is 51.7 Å². The topological polar surface area (TPSA) is 65.0 Å². The second kappa shape index (κ2) is 11.2. The van der Waals surface area contributed by atoms with E-state index in [9.17, 15) is 8.42 Å². The summed E-state index contributed by atoms with van der Waals surface area (Å²) < 4.78 is 26.4. The van der Waals surface area contributed by atoms with E-state index in [-0.39, 0.29) is 29.7 Å². The minimum atomic E-state index is -3.15. The molecule has 0 aromatic rings. The fourth-order valence-corrected chi connectivity index (χ4v) is 5.95. The van der Waals surface area contributed by atoms with Gasteiger partial charge < -0.3 is 10.2 Å². The van der Waals surface area contributed by atoms with Crippen molar-refractivity contribution < 1.29 is 8.42 Å². The summed E-state index contributed by atoms with van der Waals surface area (Å²) in [7, 11) is -1.38. The highest BCUT2D eigenvalue weighted by Gasteiger charge is 2.27. The largest absolute Gasteiger partial charge is 0.355 e. The van der Waals surface area contributed by atoms with Crippen LogP contribution in [0.5, 0.6) is 0 Å². The third kappa shape index (κ3) is 7.42. The first-order chi connectivity index (χ1) is 11.4. The Labute approximate surface area is 174 Å². The Bertz CT molecular complexity index is 522. The second-order valence-corrected chi connectivity index (χ2v) is 10.3. The standard InChI is InChI=1S/C16H32N4O2S2.HI/c1-14(2)12-15-4-6-19(13-15)16(17-3)18-5-11-24(21,22)20-7-9-23-10-8-20;/h14-15H,4-13H2,1-3H3,(H,17,18);1H. The van der Waals surface area contributed by atoms with Gasteiger partial charge in [0.05, 0.1) is 5.75 Å². The molecule has 2 rings (SSSR count). The van der Waals surface area contributed by atoms with E-state index in [4.69, 9.17) is 0 Å². The van der Waals surface area contributed by atoms with Gasteiger partial charge >= 0.3 is 0 Å². The fraction of sp³-hybridized carbons (Fsp3) is 0.938. The number of likely N-dealkylation sites (tertiary alicyclic amines) is 1. The number of hydrogen-bond donors (Lipinski definition) is 1. The predicted molar refractivity (Wildman–Crippen MR) is 119 cm³/mol. The van der Waals surface area contributed by atoms with Crippen LogP contribution in [0.15, 0.2) is 4.99 Å². The zero-order valence-electron chi connectivity index (χ0n) is 15.6. The molecule has 0 saturated carbocycles. The molecule has 0 spiro atoms. The molecule has 2 aliphatic rings. The summed E-state index contributed by atoms with van der Waals surface area (Å²) in [5, 5.41) is 3.25. The molecule has 1 N–H and O–H groups in total. The Morgan fingerprint density at radius 2 is 1.96 bits per heavy atom. The summed E-state index contributed by atoms with van der Waals surface area (Å²) in [5.41, 5.74) is 0. The van der Waals surface area contributed by atoms with Crippen LogP contribution in [0, 0.1) is 11.8 Å². The highest BCUT2D eigenvalue weighted by molar-refractivity contribution is 14.0. The molecule has 2 fully saturated rings. The van der Waals surface area contributed by atoms with Gasteiger partial charge in [-0.3, -0.25) is 4.99 Å².